The third-order valence-corrected chi connectivity index (χ3v) is 2.43. The van der Waals surface area contributed by atoms with Crippen molar-refractivity contribution in [1.82, 2.24) is 19.7 Å². The fourth-order valence-electron chi connectivity index (χ4n) is 1.30. The van der Waals surface area contributed by atoms with Gasteiger partial charge in [-0.05, 0) is 0 Å². The minimum Gasteiger partial charge on any atom is -0.396 e. The Hall–Kier alpha value is -2.02. The van der Waals surface area contributed by atoms with Crippen LogP contribution in [0.5, 0.6) is 0 Å². The van der Waals surface area contributed by atoms with Crippen molar-refractivity contribution in [2.45, 2.75) is 6.54 Å². The van der Waals surface area contributed by atoms with Crippen LogP contribution in [0.25, 0.3) is 0 Å². The first-order chi connectivity index (χ1) is 8.16. The highest BCUT2D eigenvalue weighted by Gasteiger charge is 2.04. The van der Waals surface area contributed by atoms with Crippen molar-refractivity contribution in [3.63, 3.8) is 0 Å². The number of rotatable bonds is 4. The number of anilines is 2. The van der Waals surface area contributed by atoms with Gasteiger partial charge in [-0.1, -0.05) is 11.6 Å². The van der Waals surface area contributed by atoms with Crippen LogP contribution in [-0.4, -0.2) is 26.3 Å². The van der Waals surface area contributed by atoms with E-state index in [1.807, 2.05) is 0 Å². The molecule has 2 aromatic heterocycles. The number of nitrogens with two attached hydrogens (primary N) is 1. The van der Waals surface area contributed by atoms with Gasteiger partial charge in [-0.2, -0.15) is 5.10 Å². The Labute approximate surface area is 102 Å². The van der Waals surface area contributed by atoms with E-state index in [4.69, 9.17) is 17.3 Å². The number of hydrogen-bond acceptors (Lipinski definition) is 5. The first kappa shape index (κ1) is 11.5. The Balaban J connectivity index is 1.94. The fourth-order valence-corrected chi connectivity index (χ4v) is 1.47. The third-order valence-electron chi connectivity index (χ3n) is 2.08. The van der Waals surface area contributed by atoms with E-state index in [-0.39, 0.29) is 10.6 Å². The molecule has 2 rings (SSSR count). The second-order valence-electron chi connectivity index (χ2n) is 3.36. The van der Waals surface area contributed by atoms with Gasteiger partial charge in [0.15, 0.2) is 5.82 Å². The molecule has 0 bridgehead atoms. The lowest BCUT2D eigenvalue weighted by Crippen LogP contribution is -2.15. The first-order valence-electron chi connectivity index (χ1n) is 4.92. The number of nitrogen functional groups attached to an aromatic ring is 1. The summed E-state index contributed by atoms with van der Waals surface area (Å²) in [4.78, 5) is 17.5. The molecule has 0 aliphatic rings. The Kier molecular flexibility index (Phi) is 3.29. The van der Waals surface area contributed by atoms with E-state index in [2.05, 4.69) is 20.4 Å². The van der Waals surface area contributed by atoms with Crippen LogP contribution in [-0.2, 0) is 6.54 Å². The van der Waals surface area contributed by atoms with Gasteiger partial charge in [0.25, 0.3) is 5.56 Å². The van der Waals surface area contributed by atoms with Gasteiger partial charge in [0.2, 0.25) is 0 Å². The number of H-pyrrole nitrogens is 1. The molecule has 90 valence electrons. The van der Waals surface area contributed by atoms with Crippen molar-refractivity contribution in [3.8, 4) is 0 Å². The molecule has 0 aliphatic heterocycles. The number of nitrogens with zero attached hydrogens (tertiary/aromatic N) is 3. The molecule has 0 aliphatic carbocycles. The van der Waals surface area contributed by atoms with E-state index in [0.717, 1.165) is 0 Å². The molecule has 2 heterocycles. The summed E-state index contributed by atoms with van der Waals surface area (Å²) >= 11 is 5.77. The van der Waals surface area contributed by atoms with Gasteiger partial charge in [0.1, 0.15) is 5.02 Å². The molecule has 0 amide bonds. The topological polar surface area (TPSA) is 102 Å². The largest absolute Gasteiger partial charge is 0.396 e. The number of aromatic amines is 1. The van der Waals surface area contributed by atoms with Gasteiger partial charge in [-0.3, -0.25) is 9.48 Å². The smallest absolute Gasteiger partial charge is 0.271 e. The van der Waals surface area contributed by atoms with Gasteiger partial charge in [0, 0.05) is 12.7 Å². The summed E-state index contributed by atoms with van der Waals surface area (Å²) < 4.78 is 1.68. The molecule has 0 unspecified atom stereocenters. The first-order valence-corrected chi connectivity index (χ1v) is 5.29. The molecule has 4 N–H and O–H groups in total. The Bertz CT molecular complexity index is 563. The molecule has 0 atom stereocenters. The summed E-state index contributed by atoms with van der Waals surface area (Å²) in [5.41, 5.74) is 5.76. The van der Waals surface area contributed by atoms with E-state index < -0.39 is 0 Å². The summed E-state index contributed by atoms with van der Waals surface area (Å²) in [6.07, 6.45) is 4.58. The lowest BCUT2D eigenvalue weighted by Gasteiger charge is -2.06. The zero-order valence-corrected chi connectivity index (χ0v) is 9.61. The van der Waals surface area contributed by atoms with Crippen molar-refractivity contribution >= 4 is 23.1 Å². The average Bonchev–Trinajstić information content (AvgIpc) is 2.70. The molecule has 0 aromatic carbocycles. The molecule has 0 radical (unpaired) electrons. The van der Waals surface area contributed by atoms with Gasteiger partial charge in [-0.25, -0.2) is 4.98 Å². The van der Waals surface area contributed by atoms with E-state index in [1.54, 1.807) is 17.1 Å². The average molecular weight is 255 g/mol. The zero-order chi connectivity index (χ0) is 12.3. The maximum absolute atomic E-state index is 11.2. The van der Waals surface area contributed by atoms with Crippen molar-refractivity contribution in [3.05, 3.63) is 34.1 Å². The van der Waals surface area contributed by atoms with Crippen LogP contribution < -0.4 is 16.6 Å². The Morgan fingerprint density at radius 2 is 2.41 bits per heavy atom. The number of nitrogens with one attached hydrogen (secondary N) is 2. The summed E-state index contributed by atoms with van der Waals surface area (Å²) in [5.74, 6) is 0.357. The third kappa shape index (κ3) is 2.76. The lowest BCUT2D eigenvalue weighted by molar-refractivity contribution is 0.637. The molecular formula is C9H11ClN6O. The Morgan fingerprint density at radius 1 is 1.59 bits per heavy atom. The molecular weight excluding hydrogens is 244 g/mol. The SMILES string of the molecule is Nc1cnn(CCNc2nc[nH]c(=O)c2Cl)c1. The fraction of sp³-hybridized carbons (Fsp3) is 0.222. The highest BCUT2D eigenvalue weighted by Crippen LogP contribution is 2.11. The van der Waals surface area contributed by atoms with E-state index in [9.17, 15) is 4.79 Å². The zero-order valence-electron chi connectivity index (χ0n) is 8.85. The van der Waals surface area contributed by atoms with Gasteiger partial charge < -0.3 is 16.0 Å². The molecule has 0 saturated heterocycles. The van der Waals surface area contributed by atoms with E-state index in [0.29, 0.717) is 24.6 Å². The molecule has 0 saturated carbocycles. The van der Waals surface area contributed by atoms with Crippen LogP contribution in [0, 0.1) is 0 Å². The summed E-state index contributed by atoms with van der Waals surface area (Å²) in [6.45, 7) is 1.14. The van der Waals surface area contributed by atoms with Crippen molar-refractivity contribution in [2.75, 3.05) is 17.6 Å². The number of halogens is 1. The van der Waals surface area contributed by atoms with Crippen LogP contribution in [0.2, 0.25) is 5.02 Å². The molecule has 7 nitrogen and oxygen atoms in total. The summed E-state index contributed by atoms with van der Waals surface area (Å²) in [5, 5.41) is 7.01. The monoisotopic (exact) mass is 254 g/mol. The second-order valence-corrected chi connectivity index (χ2v) is 3.74. The second kappa shape index (κ2) is 4.88. The molecule has 17 heavy (non-hydrogen) atoms. The Morgan fingerprint density at radius 3 is 3.12 bits per heavy atom. The molecule has 0 fully saturated rings. The van der Waals surface area contributed by atoms with E-state index >= 15 is 0 Å². The summed E-state index contributed by atoms with van der Waals surface area (Å²) in [6, 6.07) is 0. The minimum absolute atomic E-state index is 0.0486. The van der Waals surface area contributed by atoms with Crippen LogP contribution in [0.4, 0.5) is 11.5 Å². The minimum atomic E-state index is -0.368. The molecule has 2 aromatic rings. The van der Waals surface area contributed by atoms with Gasteiger partial charge in [0.05, 0.1) is 24.8 Å². The van der Waals surface area contributed by atoms with Gasteiger partial charge in [-0.15, -0.1) is 0 Å². The van der Waals surface area contributed by atoms with E-state index in [1.165, 1.54) is 6.33 Å². The lowest BCUT2D eigenvalue weighted by atomic mass is 10.5. The van der Waals surface area contributed by atoms with Crippen LogP contribution >= 0.6 is 11.6 Å². The van der Waals surface area contributed by atoms with Crippen LogP contribution in [0.1, 0.15) is 0 Å². The van der Waals surface area contributed by atoms with Crippen molar-refractivity contribution < 1.29 is 0 Å². The molecule has 8 heteroatoms. The standard InChI is InChI=1S/C9H11ClN6O/c10-7-8(13-5-14-9(7)17)12-1-2-16-4-6(11)3-15-16/h3-5H,1-2,11H2,(H2,12,13,14,17). The van der Waals surface area contributed by atoms with Gasteiger partial charge >= 0.3 is 0 Å². The van der Waals surface area contributed by atoms with Crippen LogP contribution in [0.15, 0.2) is 23.5 Å². The highest BCUT2D eigenvalue weighted by atomic mass is 35.5. The number of aromatic nitrogens is 4. The highest BCUT2D eigenvalue weighted by molar-refractivity contribution is 6.32. The maximum Gasteiger partial charge on any atom is 0.271 e. The predicted octanol–water partition coefficient (Wildman–Crippen LogP) is 0.314. The quantitative estimate of drug-likeness (QED) is 0.729. The normalized spacial score (nSPS) is 10.4. The van der Waals surface area contributed by atoms with Crippen LogP contribution in [0.3, 0.4) is 0 Å². The van der Waals surface area contributed by atoms with Crippen molar-refractivity contribution in [1.29, 1.82) is 0 Å². The summed E-state index contributed by atoms with van der Waals surface area (Å²) in [7, 11) is 0. The molecule has 0 spiro atoms. The van der Waals surface area contributed by atoms with Crippen molar-refractivity contribution in [2.24, 2.45) is 0 Å². The predicted molar refractivity (Wildman–Crippen MR) is 65.0 cm³/mol. The number of hydrogen-bond donors (Lipinski definition) is 3. The maximum atomic E-state index is 11.2.